The fourth-order valence-corrected chi connectivity index (χ4v) is 2.69. The van der Waals surface area contributed by atoms with Crippen molar-refractivity contribution in [1.29, 1.82) is 0 Å². The normalized spacial score (nSPS) is 21.8. The molecule has 1 aromatic heterocycles. The van der Waals surface area contributed by atoms with E-state index < -0.39 is 0 Å². The van der Waals surface area contributed by atoms with Gasteiger partial charge in [-0.15, -0.1) is 0 Å². The van der Waals surface area contributed by atoms with E-state index in [1.165, 1.54) is 29.8 Å². The predicted molar refractivity (Wildman–Crippen MR) is 74.1 cm³/mol. The Morgan fingerprint density at radius 3 is 2.79 bits per heavy atom. The van der Waals surface area contributed by atoms with Gasteiger partial charge in [0.15, 0.2) is 5.82 Å². The van der Waals surface area contributed by atoms with Crippen LogP contribution in [0.1, 0.15) is 61.8 Å². The zero-order chi connectivity index (χ0) is 13.5. The van der Waals surface area contributed by atoms with Crippen LogP contribution in [-0.4, -0.2) is 23.6 Å². The Labute approximate surface area is 115 Å². The highest BCUT2D eigenvalue weighted by Crippen LogP contribution is 2.42. The first-order valence-electron chi connectivity index (χ1n) is 7.34. The summed E-state index contributed by atoms with van der Waals surface area (Å²) < 4.78 is 5.68. The van der Waals surface area contributed by atoms with Gasteiger partial charge in [0.25, 0.3) is 0 Å². The molecule has 2 heterocycles. The first kappa shape index (κ1) is 13.0. The summed E-state index contributed by atoms with van der Waals surface area (Å²) in [6.45, 7) is 6.16. The molecule has 1 aliphatic carbocycles. The smallest absolute Gasteiger partial charge is 0.160 e. The average molecular weight is 261 g/mol. The minimum atomic E-state index is -0.358. The van der Waals surface area contributed by atoms with Gasteiger partial charge in [-0.1, -0.05) is 6.92 Å². The van der Waals surface area contributed by atoms with E-state index in [1.54, 1.807) is 7.11 Å². The molecule has 1 unspecified atom stereocenters. The summed E-state index contributed by atoms with van der Waals surface area (Å²) >= 11 is 0. The standard InChI is InChI=1S/C15H23N3O/c1-4-15(2,19-3)14-17-12-7-8-16-9-11(12)13(18-14)10-5-6-10/h10,16H,4-9H2,1-3H3. The monoisotopic (exact) mass is 261 g/mol. The summed E-state index contributed by atoms with van der Waals surface area (Å²) in [4.78, 5) is 9.71. The second kappa shape index (κ2) is 4.84. The van der Waals surface area contributed by atoms with Crippen molar-refractivity contribution in [3.8, 4) is 0 Å². The molecule has 4 heteroatoms. The molecule has 4 nitrogen and oxygen atoms in total. The third kappa shape index (κ3) is 2.28. The largest absolute Gasteiger partial charge is 0.371 e. The van der Waals surface area contributed by atoms with Gasteiger partial charge in [0.1, 0.15) is 5.60 Å². The zero-order valence-electron chi connectivity index (χ0n) is 12.1. The Hall–Kier alpha value is -1.00. The van der Waals surface area contributed by atoms with Gasteiger partial charge in [-0.05, 0) is 26.2 Å². The van der Waals surface area contributed by atoms with Gasteiger partial charge in [0.2, 0.25) is 0 Å². The number of hydrogen-bond acceptors (Lipinski definition) is 4. The van der Waals surface area contributed by atoms with Gasteiger partial charge in [0.05, 0.1) is 11.4 Å². The predicted octanol–water partition coefficient (Wildman–Crippen LogP) is 2.27. The molecular formula is C15H23N3O. The third-order valence-corrected chi connectivity index (χ3v) is 4.53. The summed E-state index contributed by atoms with van der Waals surface area (Å²) in [5.74, 6) is 1.54. The van der Waals surface area contributed by atoms with Crippen LogP contribution in [0.4, 0.5) is 0 Å². The minimum absolute atomic E-state index is 0.358. The molecule has 104 valence electrons. The highest BCUT2D eigenvalue weighted by molar-refractivity contribution is 5.33. The molecule has 0 amide bonds. The lowest BCUT2D eigenvalue weighted by molar-refractivity contribution is -0.00941. The Bertz CT molecular complexity index is 479. The number of ether oxygens (including phenoxy) is 1. The van der Waals surface area contributed by atoms with Crippen LogP contribution in [0, 0.1) is 0 Å². The molecule has 1 fully saturated rings. The van der Waals surface area contributed by atoms with Crippen molar-refractivity contribution in [3.63, 3.8) is 0 Å². The lowest BCUT2D eigenvalue weighted by atomic mass is 9.98. The van der Waals surface area contributed by atoms with Crippen LogP contribution in [-0.2, 0) is 23.3 Å². The van der Waals surface area contributed by atoms with Crippen LogP contribution in [0.15, 0.2) is 0 Å². The summed E-state index contributed by atoms with van der Waals surface area (Å²) in [6.07, 6.45) is 4.45. The fraction of sp³-hybridized carbons (Fsp3) is 0.733. The number of rotatable bonds is 4. The maximum absolute atomic E-state index is 5.68. The van der Waals surface area contributed by atoms with Gasteiger partial charge in [0, 0.05) is 38.1 Å². The molecule has 3 rings (SSSR count). The third-order valence-electron chi connectivity index (χ3n) is 4.53. The van der Waals surface area contributed by atoms with Crippen molar-refractivity contribution in [2.24, 2.45) is 0 Å². The topological polar surface area (TPSA) is 47.0 Å². The Kier molecular flexibility index (Phi) is 3.31. The van der Waals surface area contributed by atoms with Crippen molar-refractivity contribution in [2.75, 3.05) is 13.7 Å². The van der Waals surface area contributed by atoms with Crippen molar-refractivity contribution in [3.05, 3.63) is 22.8 Å². The fourth-order valence-electron chi connectivity index (χ4n) is 2.69. The number of fused-ring (bicyclic) bond motifs is 1. The highest BCUT2D eigenvalue weighted by atomic mass is 16.5. The second-order valence-corrected chi connectivity index (χ2v) is 5.85. The van der Waals surface area contributed by atoms with Crippen LogP contribution >= 0.6 is 0 Å². The number of hydrogen-bond donors (Lipinski definition) is 1. The van der Waals surface area contributed by atoms with Gasteiger partial charge in [-0.25, -0.2) is 9.97 Å². The molecule has 1 atom stereocenters. The van der Waals surface area contributed by atoms with Crippen LogP contribution in [0.5, 0.6) is 0 Å². The molecule has 0 radical (unpaired) electrons. The van der Waals surface area contributed by atoms with Crippen molar-refractivity contribution < 1.29 is 4.74 Å². The Balaban J connectivity index is 2.08. The highest BCUT2D eigenvalue weighted by Gasteiger charge is 2.34. The minimum Gasteiger partial charge on any atom is -0.371 e. The van der Waals surface area contributed by atoms with E-state index in [4.69, 9.17) is 14.7 Å². The first-order chi connectivity index (χ1) is 9.18. The summed E-state index contributed by atoms with van der Waals surface area (Å²) in [5, 5.41) is 3.44. The van der Waals surface area contributed by atoms with Crippen molar-refractivity contribution in [2.45, 2.75) is 57.6 Å². The van der Waals surface area contributed by atoms with Crippen molar-refractivity contribution >= 4 is 0 Å². The number of aromatic nitrogens is 2. The molecule has 0 saturated heterocycles. The molecule has 19 heavy (non-hydrogen) atoms. The SMILES string of the molecule is CCC(C)(OC)c1nc2c(c(C3CC3)n1)CNCC2. The molecule has 1 aliphatic heterocycles. The van der Waals surface area contributed by atoms with Gasteiger partial charge >= 0.3 is 0 Å². The molecule has 2 aliphatic rings. The average Bonchev–Trinajstić information content (AvgIpc) is 3.29. The van der Waals surface area contributed by atoms with Gasteiger partial charge in [-0.3, -0.25) is 0 Å². The lowest BCUT2D eigenvalue weighted by Gasteiger charge is -2.28. The van der Waals surface area contributed by atoms with Gasteiger partial charge < -0.3 is 10.1 Å². The van der Waals surface area contributed by atoms with E-state index in [9.17, 15) is 0 Å². The number of nitrogens with one attached hydrogen (secondary N) is 1. The quantitative estimate of drug-likeness (QED) is 0.903. The van der Waals surface area contributed by atoms with E-state index in [-0.39, 0.29) is 5.60 Å². The molecule has 1 aromatic rings. The maximum atomic E-state index is 5.68. The molecule has 0 spiro atoms. The zero-order valence-corrected chi connectivity index (χ0v) is 12.1. The van der Waals surface area contributed by atoms with E-state index >= 15 is 0 Å². The van der Waals surface area contributed by atoms with E-state index in [2.05, 4.69) is 19.2 Å². The van der Waals surface area contributed by atoms with Crippen LogP contribution in [0.3, 0.4) is 0 Å². The van der Waals surface area contributed by atoms with Crippen LogP contribution in [0.25, 0.3) is 0 Å². The van der Waals surface area contributed by atoms with Crippen LogP contribution in [0.2, 0.25) is 0 Å². The van der Waals surface area contributed by atoms with E-state index in [1.807, 2.05) is 0 Å². The molecule has 1 saturated carbocycles. The maximum Gasteiger partial charge on any atom is 0.160 e. The Morgan fingerprint density at radius 2 is 2.16 bits per heavy atom. The summed E-state index contributed by atoms with van der Waals surface area (Å²) in [6, 6.07) is 0. The second-order valence-electron chi connectivity index (χ2n) is 5.85. The van der Waals surface area contributed by atoms with Gasteiger partial charge in [-0.2, -0.15) is 0 Å². The summed E-state index contributed by atoms with van der Waals surface area (Å²) in [7, 11) is 1.75. The Morgan fingerprint density at radius 1 is 1.37 bits per heavy atom. The van der Waals surface area contributed by atoms with Crippen LogP contribution < -0.4 is 5.32 Å². The van der Waals surface area contributed by atoms with E-state index in [0.717, 1.165) is 31.8 Å². The number of methoxy groups -OCH3 is 1. The molecular weight excluding hydrogens is 238 g/mol. The molecule has 1 N–H and O–H groups in total. The van der Waals surface area contributed by atoms with Crippen molar-refractivity contribution in [1.82, 2.24) is 15.3 Å². The van der Waals surface area contributed by atoms with E-state index in [0.29, 0.717) is 5.92 Å². The first-order valence-corrected chi connectivity index (χ1v) is 7.34. The number of nitrogens with zero attached hydrogens (tertiary/aromatic N) is 2. The molecule has 0 bridgehead atoms. The molecule has 0 aromatic carbocycles. The summed E-state index contributed by atoms with van der Waals surface area (Å²) in [5.41, 5.74) is 3.52. The lowest BCUT2D eigenvalue weighted by Crippen LogP contribution is -2.32.